The molecule has 2 aliphatic rings. The van der Waals surface area contributed by atoms with Crippen LogP contribution in [0.1, 0.15) is 51.6 Å². The van der Waals surface area contributed by atoms with E-state index < -0.39 is 11.8 Å². The van der Waals surface area contributed by atoms with Crippen molar-refractivity contribution in [2.75, 3.05) is 31.6 Å². The van der Waals surface area contributed by atoms with Crippen molar-refractivity contribution < 1.29 is 23.8 Å². The summed E-state index contributed by atoms with van der Waals surface area (Å²) in [7, 11) is 0. The van der Waals surface area contributed by atoms with Crippen LogP contribution in [0.4, 0.5) is 16.4 Å². The second-order valence-electron chi connectivity index (χ2n) is 10.7. The average Bonchev–Trinajstić information content (AvgIpc) is 3.58. The van der Waals surface area contributed by atoms with Crippen molar-refractivity contribution in [1.29, 1.82) is 5.26 Å². The van der Waals surface area contributed by atoms with Crippen molar-refractivity contribution in [1.82, 2.24) is 24.8 Å². The Morgan fingerprint density at radius 3 is 2.80 bits per heavy atom. The second kappa shape index (κ2) is 11.9. The molecule has 12 nitrogen and oxygen atoms in total. The fraction of sp³-hybridized carbons (Fsp3) is 0.464. The molecule has 0 amide bonds. The Bertz CT molecular complexity index is 1370. The molecule has 0 spiro atoms. The van der Waals surface area contributed by atoms with Crippen LogP contribution in [0, 0.1) is 11.3 Å². The van der Waals surface area contributed by atoms with E-state index in [0.29, 0.717) is 49.3 Å². The predicted molar refractivity (Wildman–Crippen MR) is 145 cm³/mol. The zero-order chi connectivity index (χ0) is 28.1. The summed E-state index contributed by atoms with van der Waals surface area (Å²) >= 11 is 0. The fourth-order valence-corrected chi connectivity index (χ4v) is 4.55. The lowest BCUT2D eigenvalue weighted by molar-refractivity contribution is -0.131. The molecule has 40 heavy (non-hydrogen) atoms. The first kappa shape index (κ1) is 27.4. The maximum absolute atomic E-state index is 12.0. The number of carbonyl (C=O) groups excluding carboxylic acids is 1. The van der Waals surface area contributed by atoms with Crippen LogP contribution in [0.25, 0.3) is 11.3 Å². The van der Waals surface area contributed by atoms with Crippen molar-refractivity contribution in [3.8, 4) is 23.1 Å². The first-order valence-electron chi connectivity index (χ1n) is 13.3. The first-order valence-corrected chi connectivity index (χ1v) is 13.3. The van der Waals surface area contributed by atoms with Gasteiger partial charge in [0.2, 0.25) is 5.95 Å². The van der Waals surface area contributed by atoms with Gasteiger partial charge in [-0.1, -0.05) is 0 Å². The molecule has 1 atom stereocenters. The summed E-state index contributed by atoms with van der Waals surface area (Å²) in [5, 5.41) is 19.0. The van der Waals surface area contributed by atoms with E-state index in [1.807, 2.05) is 23.0 Å². The smallest absolute Gasteiger partial charge is 0.489 e. The third-order valence-corrected chi connectivity index (χ3v) is 6.46. The van der Waals surface area contributed by atoms with E-state index in [9.17, 15) is 10.1 Å². The maximum Gasteiger partial charge on any atom is 0.528 e. The van der Waals surface area contributed by atoms with E-state index >= 15 is 0 Å². The Morgan fingerprint density at radius 2 is 2.02 bits per heavy atom. The number of anilines is 2. The molecule has 5 rings (SSSR count). The third kappa shape index (κ3) is 7.05. The highest BCUT2D eigenvalue weighted by Gasteiger charge is 2.29. The van der Waals surface area contributed by atoms with E-state index in [1.165, 1.54) is 0 Å². The number of ether oxygens (including phenoxy) is 3. The van der Waals surface area contributed by atoms with Gasteiger partial charge in [-0.2, -0.15) is 10.4 Å². The van der Waals surface area contributed by atoms with Crippen LogP contribution in [0.5, 0.6) is 5.75 Å². The summed E-state index contributed by atoms with van der Waals surface area (Å²) in [5.41, 5.74) is 2.03. The topological polar surface area (TPSA) is 137 Å². The Kier molecular flexibility index (Phi) is 8.14. The quantitative estimate of drug-likeness (QED) is 0.415. The number of rotatable bonds is 7. The Morgan fingerprint density at radius 1 is 1.20 bits per heavy atom. The summed E-state index contributed by atoms with van der Waals surface area (Å²) < 4.78 is 18.5. The molecule has 0 bridgehead atoms. The molecular formula is C28H33N7O5. The van der Waals surface area contributed by atoms with Gasteiger partial charge in [0.05, 0.1) is 48.9 Å². The molecule has 2 aliphatic heterocycles. The number of carbonyl (C=O) groups is 1. The van der Waals surface area contributed by atoms with E-state index in [4.69, 9.17) is 19.0 Å². The van der Waals surface area contributed by atoms with Gasteiger partial charge in [-0.05, 0) is 51.5 Å². The molecule has 1 N–H and O–H groups in total. The van der Waals surface area contributed by atoms with Crippen molar-refractivity contribution in [2.45, 2.75) is 57.8 Å². The van der Waals surface area contributed by atoms with Crippen LogP contribution in [-0.4, -0.2) is 69.0 Å². The normalized spacial score (nSPS) is 18.2. The van der Waals surface area contributed by atoms with E-state index in [1.54, 1.807) is 50.4 Å². The Balaban J connectivity index is 1.21. The molecule has 1 aromatic carbocycles. The SMILES string of the molecule is CC(C)(C)OC(=O)ON1CCC(n2cc(Nc3nccc(-c4ccc(OC5CCOCC5)c(C#N)c4)n3)cn2)C1. The number of hydrogen-bond acceptors (Lipinski definition) is 11. The van der Waals surface area contributed by atoms with Crippen molar-refractivity contribution in [3.63, 3.8) is 0 Å². The minimum Gasteiger partial charge on any atom is -0.489 e. The van der Waals surface area contributed by atoms with Gasteiger partial charge in [-0.25, -0.2) is 14.8 Å². The lowest BCUT2D eigenvalue weighted by Crippen LogP contribution is -2.31. The van der Waals surface area contributed by atoms with Gasteiger partial charge in [0.25, 0.3) is 0 Å². The molecule has 0 radical (unpaired) electrons. The number of aromatic nitrogens is 4. The summed E-state index contributed by atoms with van der Waals surface area (Å²) in [6, 6.07) is 9.56. The van der Waals surface area contributed by atoms with Gasteiger partial charge in [0.1, 0.15) is 23.5 Å². The zero-order valence-electron chi connectivity index (χ0n) is 22.9. The molecule has 2 aromatic heterocycles. The molecule has 1 unspecified atom stereocenters. The molecule has 2 fully saturated rings. The van der Waals surface area contributed by atoms with Crippen molar-refractivity contribution in [2.24, 2.45) is 0 Å². The Hall–Kier alpha value is -4.21. The van der Waals surface area contributed by atoms with E-state index in [2.05, 4.69) is 26.5 Å². The van der Waals surface area contributed by atoms with Gasteiger partial charge in [0.15, 0.2) is 0 Å². The standard InChI is InChI=1S/C28H33N7O5/c1-28(2,3)39-27(36)40-34-11-7-22(18-34)35-17-21(16-31-35)32-26-30-10-6-24(33-26)19-4-5-25(20(14-19)15-29)38-23-8-12-37-13-9-23/h4-6,10,14,16-17,22-23H,7-9,11-13,18H2,1-3H3,(H,30,32,33). The average molecular weight is 548 g/mol. The fourth-order valence-electron chi connectivity index (χ4n) is 4.55. The number of nitrogens with zero attached hydrogens (tertiary/aromatic N) is 6. The summed E-state index contributed by atoms with van der Waals surface area (Å²) in [5.74, 6) is 0.972. The highest BCUT2D eigenvalue weighted by atomic mass is 16.8. The largest absolute Gasteiger partial charge is 0.528 e. The summed E-state index contributed by atoms with van der Waals surface area (Å²) in [4.78, 5) is 26.3. The molecule has 2 saturated heterocycles. The van der Waals surface area contributed by atoms with Crippen LogP contribution >= 0.6 is 0 Å². The van der Waals surface area contributed by atoms with Crippen LogP contribution in [0.3, 0.4) is 0 Å². The van der Waals surface area contributed by atoms with Gasteiger partial charge in [0, 0.05) is 37.3 Å². The van der Waals surface area contributed by atoms with Crippen molar-refractivity contribution >= 4 is 17.8 Å². The van der Waals surface area contributed by atoms with E-state index in [-0.39, 0.29) is 12.1 Å². The summed E-state index contributed by atoms with van der Waals surface area (Å²) in [6.07, 6.45) is 6.95. The van der Waals surface area contributed by atoms with Gasteiger partial charge in [-0.15, -0.1) is 5.06 Å². The molecular weight excluding hydrogens is 514 g/mol. The highest BCUT2D eigenvalue weighted by Crippen LogP contribution is 2.29. The van der Waals surface area contributed by atoms with Gasteiger partial charge in [-0.3, -0.25) is 4.68 Å². The highest BCUT2D eigenvalue weighted by molar-refractivity contribution is 5.65. The van der Waals surface area contributed by atoms with Gasteiger partial charge >= 0.3 is 6.16 Å². The zero-order valence-corrected chi connectivity index (χ0v) is 22.9. The molecule has 3 aromatic rings. The number of nitriles is 1. The van der Waals surface area contributed by atoms with Gasteiger partial charge < -0.3 is 24.4 Å². The number of benzene rings is 1. The van der Waals surface area contributed by atoms with Crippen molar-refractivity contribution in [3.05, 3.63) is 48.4 Å². The molecule has 0 saturated carbocycles. The minimum absolute atomic E-state index is 0.0384. The Labute approximate surface area is 232 Å². The lowest BCUT2D eigenvalue weighted by Gasteiger charge is -2.23. The third-order valence-electron chi connectivity index (χ3n) is 6.46. The minimum atomic E-state index is -0.712. The number of hydrogen-bond donors (Lipinski definition) is 1. The number of hydroxylamine groups is 2. The van der Waals surface area contributed by atoms with E-state index in [0.717, 1.165) is 30.5 Å². The molecule has 210 valence electrons. The first-order chi connectivity index (χ1) is 19.3. The maximum atomic E-state index is 12.0. The molecule has 4 heterocycles. The van der Waals surface area contributed by atoms with Crippen LogP contribution in [0.15, 0.2) is 42.9 Å². The van der Waals surface area contributed by atoms with Crippen LogP contribution in [-0.2, 0) is 14.3 Å². The molecule has 12 heteroatoms. The lowest BCUT2D eigenvalue weighted by atomic mass is 10.1. The van der Waals surface area contributed by atoms with Crippen LogP contribution in [0.2, 0.25) is 0 Å². The summed E-state index contributed by atoms with van der Waals surface area (Å²) in [6.45, 7) is 7.80. The monoisotopic (exact) mass is 547 g/mol. The predicted octanol–water partition coefficient (Wildman–Crippen LogP) is 4.63. The van der Waals surface area contributed by atoms with Crippen LogP contribution < -0.4 is 10.1 Å². The number of nitrogens with one attached hydrogen (secondary N) is 1. The molecule has 0 aliphatic carbocycles. The second-order valence-corrected chi connectivity index (χ2v) is 10.7.